The summed E-state index contributed by atoms with van der Waals surface area (Å²) in [7, 11) is 0. The van der Waals surface area contributed by atoms with Crippen molar-refractivity contribution in [3.8, 4) is 0 Å². The molecule has 0 bridgehead atoms. The van der Waals surface area contributed by atoms with Gasteiger partial charge in [-0.2, -0.15) is 0 Å². The summed E-state index contributed by atoms with van der Waals surface area (Å²) in [5.41, 5.74) is 4.67. The fourth-order valence-corrected chi connectivity index (χ4v) is 2.77. The number of nitrogens with one attached hydrogen (secondary N) is 1. The van der Waals surface area contributed by atoms with E-state index in [0.29, 0.717) is 5.56 Å². The summed E-state index contributed by atoms with van der Waals surface area (Å²) < 4.78 is 14.0. The maximum absolute atomic E-state index is 14.0. The summed E-state index contributed by atoms with van der Waals surface area (Å²) in [6.07, 6.45) is 0.288. The lowest BCUT2D eigenvalue weighted by Crippen LogP contribution is -2.24. The molecule has 3 rings (SSSR count). The van der Waals surface area contributed by atoms with Gasteiger partial charge in [-0.1, -0.05) is 24.3 Å². The normalized spacial score (nSPS) is 17.6. The third-order valence-electron chi connectivity index (χ3n) is 3.99. The standard InChI is InChI=1S/C17H16FNO/c1-10-7-14-13(12-5-3-4-6-15(12)18)9-17(20)19-16(14)8-11(10)2/h3-8,13H,9H2,1-2H3,(H,19,20)/t13-/m1/s1. The highest BCUT2D eigenvalue weighted by molar-refractivity contribution is 5.95. The van der Waals surface area contributed by atoms with Gasteiger partial charge in [-0.05, 0) is 48.2 Å². The maximum Gasteiger partial charge on any atom is 0.225 e. The quantitative estimate of drug-likeness (QED) is 0.835. The predicted molar refractivity (Wildman–Crippen MR) is 77.4 cm³/mol. The Balaban J connectivity index is 2.17. The first-order valence-corrected chi connectivity index (χ1v) is 6.71. The second kappa shape index (κ2) is 4.75. The Kier molecular flexibility index (Phi) is 3.05. The number of fused-ring (bicyclic) bond motifs is 1. The molecule has 0 spiro atoms. The largest absolute Gasteiger partial charge is 0.326 e. The summed E-state index contributed by atoms with van der Waals surface area (Å²) in [5, 5.41) is 2.89. The number of carbonyl (C=O) groups excluding carboxylic acids is 1. The van der Waals surface area contributed by atoms with Crippen LogP contribution in [-0.4, -0.2) is 5.91 Å². The molecule has 2 nitrogen and oxygen atoms in total. The molecule has 1 amide bonds. The van der Waals surface area contributed by atoms with Gasteiger partial charge in [-0.25, -0.2) is 4.39 Å². The lowest BCUT2D eigenvalue weighted by Gasteiger charge is -2.27. The molecule has 2 aromatic carbocycles. The third-order valence-corrected chi connectivity index (χ3v) is 3.99. The van der Waals surface area contributed by atoms with Gasteiger partial charge in [0.1, 0.15) is 5.82 Å². The number of halogens is 1. The minimum absolute atomic E-state index is 0.0611. The number of rotatable bonds is 1. The molecule has 1 aliphatic heterocycles. The Morgan fingerprint density at radius 3 is 2.55 bits per heavy atom. The van der Waals surface area contributed by atoms with Gasteiger partial charge in [0, 0.05) is 18.0 Å². The van der Waals surface area contributed by atoms with Crippen molar-refractivity contribution in [2.45, 2.75) is 26.2 Å². The van der Waals surface area contributed by atoms with Gasteiger partial charge in [0.05, 0.1) is 0 Å². The van der Waals surface area contributed by atoms with Gasteiger partial charge in [0.15, 0.2) is 0 Å². The van der Waals surface area contributed by atoms with Gasteiger partial charge in [-0.3, -0.25) is 4.79 Å². The zero-order valence-electron chi connectivity index (χ0n) is 11.5. The number of benzene rings is 2. The molecule has 0 fully saturated rings. The first-order valence-electron chi connectivity index (χ1n) is 6.71. The monoisotopic (exact) mass is 269 g/mol. The van der Waals surface area contributed by atoms with Crippen LogP contribution in [0.2, 0.25) is 0 Å². The highest BCUT2D eigenvalue weighted by atomic mass is 19.1. The fraction of sp³-hybridized carbons (Fsp3) is 0.235. The number of hydrogen-bond donors (Lipinski definition) is 1. The van der Waals surface area contributed by atoms with Gasteiger partial charge < -0.3 is 5.32 Å². The van der Waals surface area contributed by atoms with Gasteiger partial charge in [0.2, 0.25) is 5.91 Å². The van der Waals surface area contributed by atoms with Crippen molar-refractivity contribution in [3.05, 3.63) is 64.5 Å². The maximum atomic E-state index is 14.0. The molecular weight excluding hydrogens is 253 g/mol. The molecule has 0 aliphatic carbocycles. The lowest BCUT2D eigenvalue weighted by molar-refractivity contribution is -0.116. The van der Waals surface area contributed by atoms with E-state index in [2.05, 4.69) is 11.4 Å². The first kappa shape index (κ1) is 12.9. The molecule has 1 aliphatic rings. The molecule has 0 saturated heterocycles. The summed E-state index contributed by atoms with van der Waals surface area (Å²) in [6, 6.07) is 10.7. The molecule has 0 radical (unpaired) electrons. The van der Waals surface area contributed by atoms with Crippen molar-refractivity contribution >= 4 is 11.6 Å². The van der Waals surface area contributed by atoms with E-state index in [1.54, 1.807) is 12.1 Å². The van der Waals surface area contributed by atoms with E-state index >= 15 is 0 Å². The van der Waals surface area contributed by atoms with Crippen molar-refractivity contribution in [1.29, 1.82) is 0 Å². The average molecular weight is 269 g/mol. The first-order chi connectivity index (χ1) is 9.56. The average Bonchev–Trinajstić information content (AvgIpc) is 2.41. The Morgan fingerprint density at radius 2 is 1.80 bits per heavy atom. The highest BCUT2D eigenvalue weighted by Gasteiger charge is 2.28. The number of carbonyl (C=O) groups is 1. The van der Waals surface area contributed by atoms with Crippen LogP contribution in [0.15, 0.2) is 36.4 Å². The molecule has 0 unspecified atom stereocenters. The SMILES string of the molecule is Cc1cc2c(cc1C)[C@@H](c1ccccc1F)CC(=O)N2. The van der Waals surface area contributed by atoms with E-state index in [-0.39, 0.29) is 24.1 Å². The molecule has 1 heterocycles. The van der Waals surface area contributed by atoms with E-state index in [1.165, 1.54) is 6.07 Å². The van der Waals surface area contributed by atoms with Gasteiger partial charge in [0.25, 0.3) is 0 Å². The number of anilines is 1. The molecule has 1 N–H and O–H groups in total. The molecular formula is C17H16FNO. The minimum atomic E-state index is -0.253. The summed E-state index contributed by atoms with van der Waals surface area (Å²) >= 11 is 0. The number of amides is 1. The molecule has 2 aromatic rings. The van der Waals surface area contributed by atoms with Crippen LogP contribution in [-0.2, 0) is 4.79 Å². The second-order valence-electron chi connectivity index (χ2n) is 5.35. The Labute approximate surface area is 117 Å². The molecule has 0 aromatic heterocycles. The van der Waals surface area contributed by atoms with Crippen LogP contribution in [0.4, 0.5) is 10.1 Å². The summed E-state index contributed by atoms with van der Waals surface area (Å²) in [5.74, 6) is -0.523. The third kappa shape index (κ3) is 2.09. The molecule has 102 valence electrons. The van der Waals surface area contributed by atoms with Crippen molar-refractivity contribution < 1.29 is 9.18 Å². The Bertz CT molecular complexity index is 693. The Hall–Kier alpha value is -2.16. The van der Waals surface area contributed by atoms with E-state index in [4.69, 9.17) is 0 Å². The zero-order chi connectivity index (χ0) is 14.3. The van der Waals surface area contributed by atoms with E-state index < -0.39 is 0 Å². The van der Waals surface area contributed by atoms with E-state index in [1.807, 2.05) is 26.0 Å². The van der Waals surface area contributed by atoms with Gasteiger partial charge in [-0.15, -0.1) is 0 Å². The Morgan fingerprint density at radius 1 is 1.10 bits per heavy atom. The number of aryl methyl sites for hydroxylation is 2. The predicted octanol–water partition coefficient (Wildman–Crippen LogP) is 3.92. The molecule has 1 atom stereocenters. The molecule has 0 saturated carbocycles. The van der Waals surface area contributed by atoms with E-state index in [0.717, 1.165) is 22.4 Å². The molecule has 3 heteroatoms. The van der Waals surface area contributed by atoms with Crippen molar-refractivity contribution in [1.82, 2.24) is 0 Å². The smallest absolute Gasteiger partial charge is 0.225 e. The fourth-order valence-electron chi connectivity index (χ4n) is 2.77. The van der Waals surface area contributed by atoms with Crippen molar-refractivity contribution in [2.75, 3.05) is 5.32 Å². The minimum Gasteiger partial charge on any atom is -0.326 e. The van der Waals surface area contributed by atoms with Crippen LogP contribution in [0, 0.1) is 19.7 Å². The van der Waals surface area contributed by atoms with Crippen LogP contribution >= 0.6 is 0 Å². The number of hydrogen-bond acceptors (Lipinski definition) is 1. The van der Waals surface area contributed by atoms with Gasteiger partial charge >= 0.3 is 0 Å². The van der Waals surface area contributed by atoms with Crippen LogP contribution in [0.5, 0.6) is 0 Å². The van der Waals surface area contributed by atoms with Crippen molar-refractivity contribution in [3.63, 3.8) is 0 Å². The van der Waals surface area contributed by atoms with Crippen LogP contribution in [0.25, 0.3) is 0 Å². The van der Waals surface area contributed by atoms with Crippen molar-refractivity contribution in [2.24, 2.45) is 0 Å². The summed E-state index contributed by atoms with van der Waals surface area (Å²) in [4.78, 5) is 11.9. The van der Waals surface area contributed by atoms with E-state index in [9.17, 15) is 9.18 Å². The lowest BCUT2D eigenvalue weighted by atomic mass is 9.83. The topological polar surface area (TPSA) is 29.1 Å². The summed E-state index contributed by atoms with van der Waals surface area (Å²) in [6.45, 7) is 4.04. The van der Waals surface area contributed by atoms with Crippen LogP contribution in [0.1, 0.15) is 34.6 Å². The molecule has 20 heavy (non-hydrogen) atoms. The second-order valence-corrected chi connectivity index (χ2v) is 5.35. The van der Waals surface area contributed by atoms with Crippen LogP contribution in [0.3, 0.4) is 0 Å². The van der Waals surface area contributed by atoms with Crippen LogP contribution < -0.4 is 5.32 Å². The zero-order valence-corrected chi connectivity index (χ0v) is 11.5. The highest BCUT2D eigenvalue weighted by Crippen LogP contribution is 2.39.